The van der Waals surface area contributed by atoms with E-state index in [9.17, 15) is 9.59 Å². The van der Waals surface area contributed by atoms with Gasteiger partial charge < -0.3 is 0 Å². The predicted molar refractivity (Wildman–Crippen MR) is 97.7 cm³/mol. The van der Waals surface area contributed by atoms with Gasteiger partial charge in [-0.25, -0.2) is 9.13 Å². The van der Waals surface area contributed by atoms with Crippen molar-refractivity contribution in [3.05, 3.63) is 95.6 Å². The van der Waals surface area contributed by atoms with Crippen LogP contribution in [0.5, 0.6) is 0 Å². The minimum Gasteiger partial charge on any atom is -0.294 e. The van der Waals surface area contributed by atoms with E-state index in [4.69, 9.17) is 0 Å². The number of pyridine rings is 2. The van der Waals surface area contributed by atoms with Crippen LogP contribution in [0.1, 0.15) is 31.8 Å². The maximum absolute atomic E-state index is 12.4. The van der Waals surface area contributed by atoms with Gasteiger partial charge >= 0.3 is 0 Å². The molecule has 0 saturated carbocycles. The molecule has 130 valence electrons. The smallest absolute Gasteiger partial charge is 0.172 e. The maximum Gasteiger partial charge on any atom is 0.172 e. The lowest BCUT2D eigenvalue weighted by atomic mass is 9.99. The van der Waals surface area contributed by atoms with Gasteiger partial charge in [-0.15, -0.1) is 0 Å². The fraction of sp³-hybridized carbons (Fsp3) is 0.182. The first-order chi connectivity index (χ1) is 12.5. The normalized spacial score (nSPS) is 10.5. The molecular weight excluding hydrogens is 324 g/mol. The molecule has 0 unspecified atom stereocenters. The Bertz CT molecular complexity index is 868. The van der Waals surface area contributed by atoms with Crippen LogP contribution in [0.4, 0.5) is 0 Å². The molecule has 0 aliphatic carbocycles. The van der Waals surface area contributed by atoms with Crippen LogP contribution in [0.25, 0.3) is 0 Å². The third-order valence-electron chi connectivity index (χ3n) is 4.26. The van der Waals surface area contributed by atoms with Gasteiger partial charge in [0.05, 0.1) is 0 Å². The van der Waals surface area contributed by atoms with E-state index in [0.717, 1.165) is 11.1 Å². The fourth-order valence-electron chi connectivity index (χ4n) is 2.93. The summed E-state index contributed by atoms with van der Waals surface area (Å²) in [6.07, 6.45) is 8.44. The number of carbonyl (C=O) groups excluding carboxylic acids is 2. The first kappa shape index (κ1) is 17.7. The third kappa shape index (κ3) is 4.48. The van der Waals surface area contributed by atoms with Crippen LogP contribution in [0, 0.1) is 0 Å². The zero-order valence-corrected chi connectivity index (χ0v) is 15.1. The number of benzene rings is 1. The second-order valence-corrected chi connectivity index (χ2v) is 6.53. The van der Waals surface area contributed by atoms with Gasteiger partial charge in [-0.1, -0.05) is 24.3 Å². The van der Waals surface area contributed by atoms with E-state index in [1.54, 1.807) is 24.3 Å². The highest BCUT2D eigenvalue weighted by Gasteiger charge is 2.12. The number of aryl methyl sites for hydroxylation is 2. The second kappa shape index (κ2) is 7.83. The molecule has 1 aromatic carbocycles. The number of nitrogens with zero attached hydrogens (tertiary/aromatic N) is 2. The summed E-state index contributed by atoms with van der Waals surface area (Å²) in [5.74, 6) is 0.0931. The highest BCUT2D eigenvalue weighted by Crippen LogP contribution is 2.11. The number of carbonyl (C=O) groups is 2. The highest BCUT2D eigenvalue weighted by molar-refractivity contribution is 6.00. The maximum atomic E-state index is 12.4. The van der Waals surface area contributed by atoms with Crippen LogP contribution in [0.15, 0.2) is 73.3 Å². The van der Waals surface area contributed by atoms with Gasteiger partial charge in [-0.2, -0.15) is 0 Å². The Morgan fingerprint density at radius 3 is 1.42 bits per heavy atom. The summed E-state index contributed by atoms with van der Waals surface area (Å²) in [6.45, 7) is 0. The molecule has 4 nitrogen and oxygen atoms in total. The predicted octanol–water partition coefficient (Wildman–Crippen LogP) is 2.19. The quantitative estimate of drug-likeness (QED) is 0.507. The molecule has 4 heteroatoms. The zero-order valence-electron chi connectivity index (χ0n) is 15.1. The molecule has 0 radical (unpaired) electrons. The number of rotatable bonds is 6. The topological polar surface area (TPSA) is 41.9 Å². The zero-order chi connectivity index (χ0) is 18.5. The molecule has 0 bridgehead atoms. The number of aromatic nitrogens is 2. The van der Waals surface area contributed by atoms with Crippen molar-refractivity contribution in [3.63, 3.8) is 0 Å². The van der Waals surface area contributed by atoms with E-state index in [1.165, 1.54) is 0 Å². The molecule has 0 fully saturated rings. The van der Waals surface area contributed by atoms with Crippen molar-refractivity contribution in [2.45, 2.75) is 12.8 Å². The van der Waals surface area contributed by atoms with E-state index in [1.807, 2.05) is 72.3 Å². The van der Waals surface area contributed by atoms with Gasteiger partial charge in [0.2, 0.25) is 0 Å². The highest BCUT2D eigenvalue weighted by atomic mass is 16.1. The molecule has 26 heavy (non-hydrogen) atoms. The van der Waals surface area contributed by atoms with Gasteiger partial charge in [0.25, 0.3) is 0 Å². The average Bonchev–Trinajstić information content (AvgIpc) is 2.62. The largest absolute Gasteiger partial charge is 0.294 e. The van der Waals surface area contributed by atoms with E-state index in [0.29, 0.717) is 24.0 Å². The number of ketones is 2. The summed E-state index contributed by atoms with van der Waals surface area (Å²) in [7, 11) is 3.86. The lowest BCUT2D eigenvalue weighted by Gasteiger charge is -2.04. The molecule has 0 spiro atoms. The lowest BCUT2D eigenvalue weighted by molar-refractivity contribution is -0.672. The number of Topliss-reactive ketones (excluding diaryl/α,β-unsaturated/α-hetero) is 2. The van der Waals surface area contributed by atoms with Crippen LogP contribution in [0.3, 0.4) is 0 Å². The molecule has 2 aromatic heterocycles. The Kier molecular flexibility index (Phi) is 5.32. The Morgan fingerprint density at radius 2 is 1.08 bits per heavy atom. The van der Waals surface area contributed by atoms with Gasteiger partial charge in [0.1, 0.15) is 14.1 Å². The molecule has 3 aromatic rings. The fourth-order valence-corrected chi connectivity index (χ4v) is 2.93. The van der Waals surface area contributed by atoms with Crippen LogP contribution in [0.2, 0.25) is 0 Å². The summed E-state index contributed by atoms with van der Waals surface area (Å²) in [6, 6.07) is 14.7. The van der Waals surface area contributed by atoms with Crippen molar-refractivity contribution in [1.82, 2.24) is 0 Å². The first-order valence-electron chi connectivity index (χ1n) is 8.56. The van der Waals surface area contributed by atoms with E-state index < -0.39 is 0 Å². The monoisotopic (exact) mass is 346 g/mol. The minimum absolute atomic E-state index is 0.0466. The lowest BCUT2D eigenvalue weighted by Crippen LogP contribution is -2.27. The molecule has 0 N–H and O–H groups in total. The van der Waals surface area contributed by atoms with Crippen molar-refractivity contribution < 1.29 is 18.7 Å². The van der Waals surface area contributed by atoms with Crippen molar-refractivity contribution >= 4 is 11.6 Å². The average molecular weight is 346 g/mol. The number of hydrogen-bond donors (Lipinski definition) is 0. The Morgan fingerprint density at radius 1 is 0.692 bits per heavy atom. The van der Waals surface area contributed by atoms with Crippen molar-refractivity contribution in [3.8, 4) is 0 Å². The molecule has 3 rings (SSSR count). The minimum atomic E-state index is 0.0466. The molecule has 0 saturated heterocycles. The summed E-state index contributed by atoms with van der Waals surface area (Å²) >= 11 is 0. The molecule has 0 amide bonds. The first-order valence-corrected chi connectivity index (χ1v) is 8.56. The Balaban J connectivity index is 1.67. The van der Waals surface area contributed by atoms with Crippen LogP contribution >= 0.6 is 0 Å². The molecule has 0 atom stereocenters. The Hall–Kier alpha value is -3.14. The van der Waals surface area contributed by atoms with Gasteiger partial charge in [-0.05, 0) is 12.1 Å². The van der Waals surface area contributed by atoms with Crippen molar-refractivity contribution in [2.75, 3.05) is 0 Å². The van der Waals surface area contributed by atoms with Crippen LogP contribution in [-0.4, -0.2) is 11.6 Å². The van der Waals surface area contributed by atoms with Crippen molar-refractivity contribution in [2.24, 2.45) is 14.1 Å². The Labute approximate surface area is 153 Å². The standard InChI is InChI=1S/C22H22N2O2/c1-23-11-3-5-17(15-23)13-21(25)19-7-9-20(10-8-19)22(26)14-18-6-4-12-24(2)16-18/h3-12,15-16H,13-14H2,1-2H3/q+2. The summed E-state index contributed by atoms with van der Waals surface area (Å²) in [5.41, 5.74) is 3.19. The van der Waals surface area contributed by atoms with Crippen LogP contribution in [-0.2, 0) is 26.9 Å². The molecule has 0 aliphatic rings. The molecule has 2 heterocycles. The summed E-state index contributed by atoms with van der Waals surface area (Å²) in [5, 5.41) is 0. The van der Waals surface area contributed by atoms with E-state index in [2.05, 4.69) is 0 Å². The van der Waals surface area contributed by atoms with Gasteiger partial charge in [0, 0.05) is 47.2 Å². The van der Waals surface area contributed by atoms with Gasteiger partial charge in [-0.3, -0.25) is 9.59 Å². The summed E-state index contributed by atoms with van der Waals surface area (Å²) < 4.78 is 3.85. The summed E-state index contributed by atoms with van der Waals surface area (Å²) in [4.78, 5) is 24.9. The molecule has 0 aliphatic heterocycles. The van der Waals surface area contributed by atoms with Crippen molar-refractivity contribution in [1.29, 1.82) is 0 Å². The van der Waals surface area contributed by atoms with Crippen LogP contribution < -0.4 is 9.13 Å². The number of hydrogen-bond acceptors (Lipinski definition) is 2. The van der Waals surface area contributed by atoms with Gasteiger partial charge in [0.15, 0.2) is 36.4 Å². The van der Waals surface area contributed by atoms with E-state index in [-0.39, 0.29) is 11.6 Å². The van der Waals surface area contributed by atoms with E-state index >= 15 is 0 Å². The third-order valence-corrected chi connectivity index (χ3v) is 4.26. The SMILES string of the molecule is C[n+]1cccc(CC(=O)c2ccc(C(=O)Cc3ccc[n+](C)c3)cc2)c1. The molecular formula is C22H22N2O2+2. The second-order valence-electron chi connectivity index (χ2n) is 6.53.